The Morgan fingerprint density at radius 2 is 1.74 bits per heavy atom. The van der Waals surface area contributed by atoms with Crippen LogP contribution in [0.5, 0.6) is 5.75 Å². The molecule has 0 fully saturated rings. The van der Waals surface area contributed by atoms with Crippen LogP contribution < -0.4 is 4.74 Å². The highest BCUT2D eigenvalue weighted by atomic mass is 16.5. The van der Waals surface area contributed by atoms with E-state index >= 15 is 0 Å². The quantitative estimate of drug-likeness (QED) is 0.559. The van der Waals surface area contributed by atoms with Gasteiger partial charge in [0.2, 0.25) is 0 Å². The van der Waals surface area contributed by atoms with Crippen LogP contribution in [0.2, 0.25) is 0 Å². The lowest BCUT2D eigenvalue weighted by Crippen LogP contribution is -2.07. The van der Waals surface area contributed by atoms with Crippen molar-refractivity contribution >= 4 is 12.0 Å². The third-order valence-corrected chi connectivity index (χ3v) is 3.13. The van der Waals surface area contributed by atoms with E-state index in [2.05, 4.69) is 13.8 Å². The summed E-state index contributed by atoms with van der Waals surface area (Å²) in [6.07, 6.45) is 3.18. The normalized spacial score (nSPS) is 10.9. The Morgan fingerprint density at radius 3 is 2.48 bits per heavy atom. The molecular weight excluding hydrogens is 288 g/mol. The van der Waals surface area contributed by atoms with Crippen LogP contribution in [0.25, 0.3) is 6.08 Å². The van der Waals surface area contributed by atoms with E-state index in [0.717, 1.165) is 16.9 Å². The highest BCUT2D eigenvalue weighted by Gasteiger charge is 2.06. The van der Waals surface area contributed by atoms with Crippen LogP contribution in [0, 0.1) is 5.92 Å². The van der Waals surface area contributed by atoms with Crippen molar-refractivity contribution in [2.75, 3.05) is 6.61 Å². The maximum Gasteiger partial charge on any atom is 0.331 e. The average molecular weight is 310 g/mol. The van der Waals surface area contributed by atoms with Gasteiger partial charge < -0.3 is 9.47 Å². The zero-order valence-corrected chi connectivity index (χ0v) is 13.6. The highest BCUT2D eigenvalue weighted by Crippen LogP contribution is 2.19. The number of carbonyl (C=O) groups excluding carboxylic acids is 1. The van der Waals surface area contributed by atoms with E-state index in [4.69, 9.17) is 9.47 Å². The Labute approximate surface area is 137 Å². The second-order valence-electron chi connectivity index (χ2n) is 5.66. The number of hydrogen-bond donors (Lipinski definition) is 0. The van der Waals surface area contributed by atoms with Gasteiger partial charge in [-0.3, -0.25) is 0 Å². The first-order valence-electron chi connectivity index (χ1n) is 7.75. The van der Waals surface area contributed by atoms with Gasteiger partial charge in [0, 0.05) is 11.6 Å². The van der Waals surface area contributed by atoms with Crippen molar-refractivity contribution in [3.8, 4) is 5.75 Å². The number of rotatable bonds is 7. The molecule has 0 unspecified atom stereocenters. The Hall–Kier alpha value is -2.55. The number of carbonyl (C=O) groups is 1. The number of esters is 1. The van der Waals surface area contributed by atoms with Crippen LogP contribution in [0.15, 0.2) is 60.7 Å². The fourth-order valence-corrected chi connectivity index (χ4v) is 1.95. The van der Waals surface area contributed by atoms with Gasteiger partial charge in [0.1, 0.15) is 12.4 Å². The Kier molecular flexibility index (Phi) is 6.42. The van der Waals surface area contributed by atoms with Crippen molar-refractivity contribution in [3.05, 3.63) is 71.8 Å². The summed E-state index contributed by atoms with van der Waals surface area (Å²) in [5.74, 6) is 0.841. The van der Waals surface area contributed by atoms with Gasteiger partial charge >= 0.3 is 5.97 Å². The maximum absolute atomic E-state index is 11.8. The number of benzene rings is 2. The smallest absolute Gasteiger partial charge is 0.331 e. The van der Waals surface area contributed by atoms with E-state index in [1.807, 2.05) is 54.6 Å². The maximum atomic E-state index is 11.8. The predicted molar refractivity (Wildman–Crippen MR) is 92.0 cm³/mol. The van der Waals surface area contributed by atoms with Crippen molar-refractivity contribution in [3.63, 3.8) is 0 Å². The average Bonchev–Trinajstić information content (AvgIpc) is 2.58. The summed E-state index contributed by atoms with van der Waals surface area (Å²) in [6.45, 7) is 5.03. The van der Waals surface area contributed by atoms with Crippen LogP contribution in [0.3, 0.4) is 0 Å². The molecule has 120 valence electrons. The summed E-state index contributed by atoms with van der Waals surface area (Å²) >= 11 is 0. The molecule has 2 aromatic carbocycles. The number of ether oxygens (including phenoxy) is 2. The molecule has 0 aliphatic heterocycles. The molecule has 0 heterocycles. The molecule has 0 spiro atoms. The SMILES string of the molecule is CC(C)COc1ccccc1COC(=O)C=Cc1ccccc1. The van der Waals surface area contributed by atoms with Gasteiger partial charge in [-0.05, 0) is 23.6 Å². The number of para-hydroxylation sites is 1. The number of hydrogen-bond acceptors (Lipinski definition) is 3. The van der Waals surface area contributed by atoms with Gasteiger partial charge in [-0.15, -0.1) is 0 Å². The van der Waals surface area contributed by atoms with Crippen LogP contribution in [-0.2, 0) is 16.1 Å². The molecule has 0 aliphatic rings. The molecule has 0 amide bonds. The second-order valence-corrected chi connectivity index (χ2v) is 5.66. The lowest BCUT2D eigenvalue weighted by molar-refractivity contribution is -0.138. The first kappa shape index (κ1) is 16.8. The van der Waals surface area contributed by atoms with Gasteiger partial charge in [-0.2, -0.15) is 0 Å². The third-order valence-electron chi connectivity index (χ3n) is 3.13. The lowest BCUT2D eigenvalue weighted by Gasteiger charge is -2.12. The largest absolute Gasteiger partial charge is 0.493 e. The van der Waals surface area contributed by atoms with E-state index < -0.39 is 0 Å². The van der Waals surface area contributed by atoms with E-state index in [0.29, 0.717) is 12.5 Å². The van der Waals surface area contributed by atoms with Gasteiger partial charge in [0.15, 0.2) is 0 Å². The molecule has 0 aliphatic carbocycles. The van der Waals surface area contributed by atoms with Crippen LogP contribution >= 0.6 is 0 Å². The molecule has 0 saturated carbocycles. The van der Waals surface area contributed by atoms with Crippen LogP contribution in [0.1, 0.15) is 25.0 Å². The Morgan fingerprint density at radius 1 is 1.04 bits per heavy atom. The molecule has 2 aromatic rings. The first-order valence-corrected chi connectivity index (χ1v) is 7.75. The van der Waals surface area contributed by atoms with Crippen molar-refractivity contribution < 1.29 is 14.3 Å². The molecule has 0 bridgehead atoms. The van der Waals surface area contributed by atoms with Gasteiger partial charge in [-0.25, -0.2) is 4.79 Å². The molecular formula is C20H22O3. The summed E-state index contributed by atoms with van der Waals surface area (Å²) in [7, 11) is 0. The van der Waals surface area contributed by atoms with Crippen molar-refractivity contribution in [2.45, 2.75) is 20.5 Å². The summed E-state index contributed by atoms with van der Waals surface area (Å²) in [5.41, 5.74) is 1.83. The second kappa shape index (κ2) is 8.79. The summed E-state index contributed by atoms with van der Waals surface area (Å²) in [5, 5.41) is 0. The van der Waals surface area contributed by atoms with E-state index in [-0.39, 0.29) is 12.6 Å². The van der Waals surface area contributed by atoms with Crippen molar-refractivity contribution in [1.82, 2.24) is 0 Å². The molecule has 0 saturated heterocycles. The zero-order valence-electron chi connectivity index (χ0n) is 13.6. The minimum absolute atomic E-state index is 0.201. The highest BCUT2D eigenvalue weighted by molar-refractivity contribution is 5.87. The first-order chi connectivity index (χ1) is 11.1. The summed E-state index contributed by atoms with van der Waals surface area (Å²) in [4.78, 5) is 11.8. The fourth-order valence-electron chi connectivity index (χ4n) is 1.95. The monoisotopic (exact) mass is 310 g/mol. The van der Waals surface area contributed by atoms with E-state index in [9.17, 15) is 4.79 Å². The molecule has 0 atom stereocenters. The standard InChI is InChI=1S/C20H22O3/c1-16(2)14-22-19-11-7-6-10-18(19)15-23-20(21)13-12-17-8-4-3-5-9-17/h3-13,16H,14-15H2,1-2H3. The van der Waals surface area contributed by atoms with E-state index in [1.165, 1.54) is 6.08 Å². The Bertz CT molecular complexity index is 645. The fraction of sp³-hybridized carbons (Fsp3) is 0.250. The van der Waals surface area contributed by atoms with E-state index in [1.54, 1.807) is 6.08 Å². The van der Waals surface area contributed by atoms with Gasteiger partial charge in [0.25, 0.3) is 0 Å². The van der Waals surface area contributed by atoms with Crippen molar-refractivity contribution in [1.29, 1.82) is 0 Å². The third kappa shape index (κ3) is 5.99. The molecule has 3 heteroatoms. The molecule has 0 N–H and O–H groups in total. The lowest BCUT2D eigenvalue weighted by atomic mass is 10.2. The van der Waals surface area contributed by atoms with Gasteiger partial charge in [0.05, 0.1) is 6.61 Å². The molecule has 3 nitrogen and oxygen atoms in total. The topological polar surface area (TPSA) is 35.5 Å². The molecule has 23 heavy (non-hydrogen) atoms. The van der Waals surface area contributed by atoms with Gasteiger partial charge in [-0.1, -0.05) is 62.4 Å². The molecule has 0 radical (unpaired) electrons. The summed E-state index contributed by atoms with van der Waals surface area (Å²) in [6, 6.07) is 17.3. The summed E-state index contributed by atoms with van der Waals surface area (Å²) < 4.78 is 11.0. The minimum Gasteiger partial charge on any atom is -0.493 e. The predicted octanol–water partition coefficient (Wildman–Crippen LogP) is 4.48. The van der Waals surface area contributed by atoms with Crippen LogP contribution in [0.4, 0.5) is 0 Å². The minimum atomic E-state index is -0.368. The molecule has 0 aromatic heterocycles. The van der Waals surface area contributed by atoms with Crippen molar-refractivity contribution in [2.24, 2.45) is 5.92 Å². The Balaban J connectivity index is 1.90. The zero-order chi connectivity index (χ0) is 16.5. The molecule has 2 rings (SSSR count). The van der Waals surface area contributed by atoms with Crippen LogP contribution in [-0.4, -0.2) is 12.6 Å².